The highest BCUT2D eigenvalue weighted by Crippen LogP contribution is 2.45. The summed E-state index contributed by atoms with van der Waals surface area (Å²) in [6.07, 6.45) is 1.71. The monoisotopic (exact) mass is 199 g/mol. The SMILES string of the molecule is CC1(C)COCC1(O)c1ccns1. The lowest BCUT2D eigenvalue weighted by Gasteiger charge is -2.32. The third kappa shape index (κ3) is 1.21. The van der Waals surface area contributed by atoms with Crippen LogP contribution in [0.3, 0.4) is 0 Å². The van der Waals surface area contributed by atoms with Gasteiger partial charge in [-0.25, -0.2) is 4.37 Å². The topological polar surface area (TPSA) is 42.4 Å². The first-order valence-electron chi connectivity index (χ1n) is 4.27. The number of aliphatic hydroxyl groups is 1. The van der Waals surface area contributed by atoms with E-state index in [1.807, 2.05) is 19.9 Å². The highest BCUT2D eigenvalue weighted by atomic mass is 32.1. The second-order valence-corrected chi connectivity index (χ2v) is 4.95. The Morgan fingerprint density at radius 2 is 2.31 bits per heavy atom. The van der Waals surface area contributed by atoms with E-state index in [4.69, 9.17) is 4.74 Å². The van der Waals surface area contributed by atoms with Gasteiger partial charge in [-0.1, -0.05) is 13.8 Å². The van der Waals surface area contributed by atoms with E-state index < -0.39 is 5.60 Å². The van der Waals surface area contributed by atoms with Gasteiger partial charge in [0.2, 0.25) is 0 Å². The van der Waals surface area contributed by atoms with Gasteiger partial charge in [-0.3, -0.25) is 0 Å². The van der Waals surface area contributed by atoms with E-state index in [0.29, 0.717) is 13.2 Å². The molecule has 1 atom stereocenters. The third-order valence-electron chi connectivity index (χ3n) is 2.74. The van der Waals surface area contributed by atoms with Gasteiger partial charge in [0.1, 0.15) is 5.60 Å². The molecule has 13 heavy (non-hydrogen) atoms. The van der Waals surface area contributed by atoms with Gasteiger partial charge < -0.3 is 9.84 Å². The number of rotatable bonds is 1. The molecule has 1 aliphatic rings. The van der Waals surface area contributed by atoms with Crippen LogP contribution in [0, 0.1) is 5.41 Å². The molecule has 1 saturated heterocycles. The van der Waals surface area contributed by atoms with E-state index in [-0.39, 0.29) is 5.41 Å². The maximum atomic E-state index is 10.4. The van der Waals surface area contributed by atoms with Crippen LogP contribution in [0.25, 0.3) is 0 Å². The van der Waals surface area contributed by atoms with Crippen molar-refractivity contribution in [1.29, 1.82) is 0 Å². The molecule has 2 heterocycles. The van der Waals surface area contributed by atoms with Crippen molar-refractivity contribution < 1.29 is 9.84 Å². The molecule has 1 fully saturated rings. The lowest BCUT2D eigenvalue weighted by Crippen LogP contribution is -2.39. The van der Waals surface area contributed by atoms with E-state index >= 15 is 0 Å². The molecule has 4 heteroatoms. The number of nitrogens with zero attached hydrogens (tertiary/aromatic N) is 1. The molecule has 0 radical (unpaired) electrons. The van der Waals surface area contributed by atoms with Crippen molar-refractivity contribution in [3.8, 4) is 0 Å². The predicted octanol–water partition coefficient (Wildman–Crippen LogP) is 1.39. The number of ether oxygens (including phenoxy) is 1. The van der Waals surface area contributed by atoms with Crippen molar-refractivity contribution in [3.63, 3.8) is 0 Å². The lowest BCUT2D eigenvalue weighted by molar-refractivity contribution is -0.0349. The van der Waals surface area contributed by atoms with Crippen molar-refractivity contribution in [1.82, 2.24) is 4.37 Å². The fourth-order valence-corrected chi connectivity index (χ4v) is 2.45. The first-order valence-corrected chi connectivity index (χ1v) is 5.05. The average Bonchev–Trinajstić information content (AvgIpc) is 2.61. The Morgan fingerprint density at radius 3 is 2.77 bits per heavy atom. The Kier molecular flexibility index (Phi) is 1.94. The maximum absolute atomic E-state index is 10.4. The minimum absolute atomic E-state index is 0.223. The smallest absolute Gasteiger partial charge is 0.131 e. The number of aromatic nitrogens is 1. The second-order valence-electron chi connectivity index (χ2n) is 4.11. The molecule has 1 aromatic rings. The van der Waals surface area contributed by atoms with Gasteiger partial charge in [0.05, 0.1) is 18.1 Å². The predicted molar refractivity (Wildman–Crippen MR) is 50.6 cm³/mol. The van der Waals surface area contributed by atoms with Crippen LogP contribution in [0.15, 0.2) is 12.3 Å². The summed E-state index contributed by atoms with van der Waals surface area (Å²) in [5, 5.41) is 10.4. The van der Waals surface area contributed by atoms with Gasteiger partial charge >= 0.3 is 0 Å². The summed E-state index contributed by atoms with van der Waals surface area (Å²) in [5.41, 5.74) is -1.08. The van der Waals surface area contributed by atoms with E-state index in [0.717, 1.165) is 4.88 Å². The molecule has 0 amide bonds. The fourth-order valence-electron chi connectivity index (χ4n) is 1.60. The first kappa shape index (κ1) is 9.12. The number of hydrogen-bond acceptors (Lipinski definition) is 4. The van der Waals surface area contributed by atoms with E-state index in [1.165, 1.54) is 11.5 Å². The summed E-state index contributed by atoms with van der Waals surface area (Å²) >= 11 is 1.34. The van der Waals surface area contributed by atoms with E-state index in [2.05, 4.69) is 4.37 Å². The molecular weight excluding hydrogens is 186 g/mol. The molecule has 1 N–H and O–H groups in total. The summed E-state index contributed by atoms with van der Waals surface area (Å²) in [4.78, 5) is 0.898. The van der Waals surface area contributed by atoms with Crippen LogP contribution in [-0.2, 0) is 10.3 Å². The molecule has 72 valence electrons. The molecule has 1 aliphatic heterocycles. The van der Waals surface area contributed by atoms with Crippen LogP contribution < -0.4 is 0 Å². The molecule has 0 saturated carbocycles. The highest BCUT2D eigenvalue weighted by molar-refractivity contribution is 7.05. The molecule has 2 rings (SSSR count). The lowest BCUT2D eigenvalue weighted by atomic mass is 9.77. The van der Waals surface area contributed by atoms with Crippen molar-refractivity contribution in [2.24, 2.45) is 5.41 Å². The summed E-state index contributed by atoms with van der Waals surface area (Å²) in [6.45, 7) is 5.00. The van der Waals surface area contributed by atoms with Crippen LogP contribution in [0.5, 0.6) is 0 Å². The molecule has 0 aromatic carbocycles. The largest absolute Gasteiger partial charge is 0.381 e. The Balaban J connectivity index is 2.40. The van der Waals surface area contributed by atoms with Crippen molar-refractivity contribution in [3.05, 3.63) is 17.1 Å². The van der Waals surface area contributed by atoms with Gasteiger partial charge in [0.15, 0.2) is 0 Å². The van der Waals surface area contributed by atoms with Crippen LogP contribution in [-0.4, -0.2) is 22.7 Å². The van der Waals surface area contributed by atoms with E-state index in [1.54, 1.807) is 6.20 Å². The van der Waals surface area contributed by atoms with Crippen LogP contribution in [0.1, 0.15) is 18.7 Å². The third-order valence-corrected chi connectivity index (χ3v) is 3.64. The van der Waals surface area contributed by atoms with Crippen molar-refractivity contribution in [2.45, 2.75) is 19.4 Å². The maximum Gasteiger partial charge on any atom is 0.131 e. The first-order chi connectivity index (χ1) is 6.06. The Hall–Kier alpha value is -0.450. The number of hydrogen-bond donors (Lipinski definition) is 1. The zero-order valence-corrected chi connectivity index (χ0v) is 8.60. The zero-order valence-electron chi connectivity index (χ0n) is 7.78. The van der Waals surface area contributed by atoms with Gasteiger partial charge in [-0.2, -0.15) is 0 Å². The standard InChI is InChI=1S/C9H13NO2S/c1-8(2)5-12-6-9(8,11)7-3-4-10-13-7/h3-4,11H,5-6H2,1-2H3. The van der Waals surface area contributed by atoms with E-state index in [9.17, 15) is 5.11 Å². The quantitative estimate of drug-likeness (QED) is 0.743. The summed E-state index contributed by atoms with van der Waals surface area (Å²) in [6, 6.07) is 1.86. The molecule has 0 bridgehead atoms. The minimum Gasteiger partial charge on any atom is -0.381 e. The molecule has 1 unspecified atom stereocenters. The minimum atomic E-state index is -0.853. The molecule has 1 aromatic heterocycles. The molecule has 3 nitrogen and oxygen atoms in total. The molecule has 0 aliphatic carbocycles. The zero-order chi connectivity index (χ0) is 9.53. The second kappa shape index (κ2) is 2.77. The summed E-state index contributed by atoms with van der Waals surface area (Å²) in [7, 11) is 0. The van der Waals surface area contributed by atoms with Gasteiger partial charge in [-0.05, 0) is 17.6 Å². The Labute approximate surface area is 81.5 Å². The highest BCUT2D eigenvalue weighted by Gasteiger charge is 2.51. The van der Waals surface area contributed by atoms with Crippen LogP contribution in [0.4, 0.5) is 0 Å². The van der Waals surface area contributed by atoms with Gasteiger partial charge in [-0.15, -0.1) is 0 Å². The van der Waals surface area contributed by atoms with Crippen molar-refractivity contribution >= 4 is 11.5 Å². The Morgan fingerprint density at radius 1 is 1.54 bits per heavy atom. The van der Waals surface area contributed by atoms with Crippen LogP contribution in [0.2, 0.25) is 0 Å². The normalized spacial score (nSPS) is 32.2. The fraction of sp³-hybridized carbons (Fsp3) is 0.667. The average molecular weight is 199 g/mol. The van der Waals surface area contributed by atoms with Crippen LogP contribution >= 0.6 is 11.5 Å². The van der Waals surface area contributed by atoms with Crippen molar-refractivity contribution in [2.75, 3.05) is 13.2 Å². The molecular formula is C9H13NO2S. The Bertz CT molecular complexity index is 297. The summed E-state index contributed by atoms with van der Waals surface area (Å²) in [5.74, 6) is 0. The summed E-state index contributed by atoms with van der Waals surface area (Å²) < 4.78 is 9.33. The molecule has 0 spiro atoms. The van der Waals surface area contributed by atoms with Gasteiger partial charge in [0.25, 0.3) is 0 Å². The van der Waals surface area contributed by atoms with Gasteiger partial charge in [0, 0.05) is 11.6 Å².